The second kappa shape index (κ2) is 6.58. The van der Waals surface area contributed by atoms with Gasteiger partial charge in [0.15, 0.2) is 0 Å². The Balaban J connectivity index is 3.28. The molecule has 2 atom stereocenters. The first-order chi connectivity index (χ1) is 5.22. The SMILES string of the molecule is CCCCCC(N)C(O)CO. The molecule has 4 N–H and O–H groups in total. The molecule has 0 rings (SSSR count). The van der Waals surface area contributed by atoms with Crippen LogP contribution in [0.5, 0.6) is 0 Å². The van der Waals surface area contributed by atoms with Gasteiger partial charge in [0.05, 0.1) is 12.7 Å². The van der Waals surface area contributed by atoms with Crippen molar-refractivity contribution < 1.29 is 10.2 Å². The molecule has 0 fully saturated rings. The molecule has 68 valence electrons. The van der Waals surface area contributed by atoms with Crippen LogP contribution in [-0.4, -0.2) is 29.0 Å². The molecule has 11 heavy (non-hydrogen) atoms. The van der Waals surface area contributed by atoms with Gasteiger partial charge in [-0.1, -0.05) is 26.2 Å². The van der Waals surface area contributed by atoms with Gasteiger partial charge in [-0.3, -0.25) is 0 Å². The van der Waals surface area contributed by atoms with Crippen molar-refractivity contribution >= 4 is 0 Å². The molecule has 0 aliphatic heterocycles. The summed E-state index contributed by atoms with van der Waals surface area (Å²) in [5, 5.41) is 17.6. The maximum atomic E-state index is 9.05. The van der Waals surface area contributed by atoms with Crippen LogP contribution in [0.1, 0.15) is 32.6 Å². The highest BCUT2D eigenvalue weighted by Crippen LogP contribution is 2.04. The lowest BCUT2D eigenvalue weighted by Crippen LogP contribution is -2.36. The highest BCUT2D eigenvalue weighted by atomic mass is 16.3. The van der Waals surface area contributed by atoms with Crippen LogP contribution in [0.3, 0.4) is 0 Å². The van der Waals surface area contributed by atoms with Crippen molar-refractivity contribution in [1.82, 2.24) is 0 Å². The fourth-order valence-corrected chi connectivity index (χ4v) is 0.958. The van der Waals surface area contributed by atoms with Crippen molar-refractivity contribution in [3.05, 3.63) is 0 Å². The predicted molar refractivity (Wildman–Crippen MR) is 45.2 cm³/mol. The molecule has 3 heteroatoms. The van der Waals surface area contributed by atoms with Crippen LogP contribution in [0.2, 0.25) is 0 Å². The van der Waals surface area contributed by atoms with Gasteiger partial charge in [0.1, 0.15) is 0 Å². The summed E-state index contributed by atoms with van der Waals surface area (Å²) in [4.78, 5) is 0. The average Bonchev–Trinajstić information content (AvgIpc) is 2.03. The van der Waals surface area contributed by atoms with Gasteiger partial charge in [0, 0.05) is 6.04 Å². The Labute approximate surface area is 68.2 Å². The number of hydrogen-bond donors (Lipinski definition) is 3. The van der Waals surface area contributed by atoms with Crippen molar-refractivity contribution in [2.24, 2.45) is 5.73 Å². The summed E-state index contributed by atoms with van der Waals surface area (Å²) in [6, 6.07) is -0.258. The molecular formula is C8H19NO2. The third-order valence-electron chi connectivity index (χ3n) is 1.82. The summed E-state index contributed by atoms with van der Waals surface area (Å²) in [6.07, 6.45) is 3.39. The molecule has 0 heterocycles. The number of nitrogens with two attached hydrogens (primary N) is 1. The van der Waals surface area contributed by atoms with Gasteiger partial charge in [-0.05, 0) is 6.42 Å². The van der Waals surface area contributed by atoms with Crippen LogP contribution in [0.4, 0.5) is 0 Å². The fourth-order valence-electron chi connectivity index (χ4n) is 0.958. The Bertz CT molecular complexity index is 88.2. The minimum atomic E-state index is -0.744. The Morgan fingerprint density at radius 2 is 2.00 bits per heavy atom. The molecule has 3 nitrogen and oxygen atoms in total. The highest BCUT2D eigenvalue weighted by Gasteiger charge is 2.11. The first-order valence-electron chi connectivity index (χ1n) is 4.26. The van der Waals surface area contributed by atoms with E-state index in [0.717, 1.165) is 25.7 Å². The summed E-state index contributed by atoms with van der Waals surface area (Å²) >= 11 is 0. The second-order valence-corrected chi connectivity index (χ2v) is 2.91. The molecule has 0 spiro atoms. The van der Waals surface area contributed by atoms with Crippen LogP contribution < -0.4 is 5.73 Å². The van der Waals surface area contributed by atoms with Gasteiger partial charge in [-0.25, -0.2) is 0 Å². The number of rotatable bonds is 6. The zero-order chi connectivity index (χ0) is 8.69. The summed E-state index contributed by atoms with van der Waals surface area (Å²) in [7, 11) is 0. The van der Waals surface area contributed by atoms with E-state index >= 15 is 0 Å². The van der Waals surface area contributed by atoms with Crippen LogP contribution in [-0.2, 0) is 0 Å². The third kappa shape index (κ3) is 5.18. The average molecular weight is 161 g/mol. The van der Waals surface area contributed by atoms with Crippen LogP contribution in [0.25, 0.3) is 0 Å². The van der Waals surface area contributed by atoms with Crippen molar-refractivity contribution in [3.63, 3.8) is 0 Å². The van der Waals surface area contributed by atoms with E-state index in [-0.39, 0.29) is 12.6 Å². The molecule has 0 amide bonds. The Morgan fingerprint density at radius 3 is 2.45 bits per heavy atom. The van der Waals surface area contributed by atoms with Gasteiger partial charge in [0.2, 0.25) is 0 Å². The molecule has 0 aromatic rings. The standard InChI is InChI=1S/C8H19NO2/c1-2-3-4-5-7(9)8(11)6-10/h7-8,10-11H,2-6,9H2,1H3. The molecule has 0 saturated carbocycles. The minimum Gasteiger partial charge on any atom is -0.394 e. The number of hydrogen-bond acceptors (Lipinski definition) is 3. The molecular weight excluding hydrogens is 142 g/mol. The summed E-state index contributed by atoms with van der Waals surface area (Å²) in [5.41, 5.74) is 5.56. The molecule has 0 aliphatic rings. The lowest BCUT2D eigenvalue weighted by molar-refractivity contribution is 0.0711. The van der Waals surface area contributed by atoms with E-state index < -0.39 is 6.10 Å². The van der Waals surface area contributed by atoms with E-state index in [1.165, 1.54) is 0 Å². The summed E-state index contributed by atoms with van der Waals surface area (Å²) < 4.78 is 0. The maximum absolute atomic E-state index is 9.05. The van der Waals surface area contributed by atoms with Gasteiger partial charge in [-0.2, -0.15) is 0 Å². The second-order valence-electron chi connectivity index (χ2n) is 2.91. The quantitative estimate of drug-likeness (QED) is 0.489. The van der Waals surface area contributed by atoms with Gasteiger partial charge in [0.25, 0.3) is 0 Å². The Hall–Kier alpha value is -0.120. The zero-order valence-corrected chi connectivity index (χ0v) is 7.16. The van der Waals surface area contributed by atoms with Crippen LogP contribution in [0, 0.1) is 0 Å². The van der Waals surface area contributed by atoms with E-state index in [0.29, 0.717) is 0 Å². The van der Waals surface area contributed by atoms with Crippen molar-refractivity contribution in [3.8, 4) is 0 Å². The summed E-state index contributed by atoms with van der Waals surface area (Å²) in [5.74, 6) is 0. The maximum Gasteiger partial charge on any atom is 0.0921 e. The van der Waals surface area contributed by atoms with E-state index in [9.17, 15) is 0 Å². The first-order valence-corrected chi connectivity index (χ1v) is 4.26. The lowest BCUT2D eigenvalue weighted by atomic mass is 10.1. The zero-order valence-electron chi connectivity index (χ0n) is 7.16. The van der Waals surface area contributed by atoms with E-state index in [1.54, 1.807) is 0 Å². The van der Waals surface area contributed by atoms with Crippen LogP contribution in [0.15, 0.2) is 0 Å². The van der Waals surface area contributed by atoms with Gasteiger partial charge >= 0.3 is 0 Å². The number of unbranched alkanes of at least 4 members (excludes halogenated alkanes) is 2. The fraction of sp³-hybridized carbons (Fsp3) is 1.00. The molecule has 0 saturated heterocycles. The van der Waals surface area contributed by atoms with Crippen molar-refractivity contribution in [2.75, 3.05) is 6.61 Å². The van der Waals surface area contributed by atoms with Crippen molar-refractivity contribution in [1.29, 1.82) is 0 Å². The van der Waals surface area contributed by atoms with Crippen LogP contribution >= 0.6 is 0 Å². The molecule has 0 aromatic carbocycles. The molecule has 0 radical (unpaired) electrons. The predicted octanol–water partition coefficient (Wildman–Crippen LogP) is 0.247. The van der Waals surface area contributed by atoms with E-state index in [4.69, 9.17) is 15.9 Å². The molecule has 0 bridgehead atoms. The first kappa shape index (κ1) is 10.9. The topological polar surface area (TPSA) is 66.5 Å². The number of aliphatic hydroxyl groups excluding tert-OH is 2. The molecule has 0 aliphatic carbocycles. The lowest BCUT2D eigenvalue weighted by Gasteiger charge is -2.15. The highest BCUT2D eigenvalue weighted by molar-refractivity contribution is 4.70. The summed E-state index contributed by atoms with van der Waals surface area (Å²) in [6.45, 7) is 1.89. The van der Waals surface area contributed by atoms with E-state index in [1.807, 2.05) is 0 Å². The molecule has 2 unspecified atom stereocenters. The third-order valence-corrected chi connectivity index (χ3v) is 1.82. The van der Waals surface area contributed by atoms with Gasteiger partial charge < -0.3 is 15.9 Å². The minimum absolute atomic E-state index is 0.229. The van der Waals surface area contributed by atoms with Crippen molar-refractivity contribution in [2.45, 2.75) is 44.8 Å². The van der Waals surface area contributed by atoms with Gasteiger partial charge in [-0.15, -0.1) is 0 Å². The Morgan fingerprint density at radius 1 is 1.36 bits per heavy atom. The number of aliphatic hydroxyl groups is 2. The van der Waals surface area contributed by atoms with E-state index in [2.05, 4.69) is 6.92 Å². The smallest absolute Gasteiger partial charge is 0.0921 e. The molecule has 0 aromatic heterocycles. The normalized spacial score (nSPS) is 16.4. The Kier molecular flexibility index (Phi) is 6.51. The monoisotopic (exact) mass is 161 g/mol. The largest absolute Gasteiger partial charge is 0.394 e.